The molecule has 1 unspecified atom stereocenters. The molecule has 2 fully saturated rings. The van der Waals surface area contributed by atoms with Gasteiger partial charge in [-0.1, -0.05) is 26.2 Å². The van der Waals surface area contributed by atoms with E-state index in [0.717, 1.165) is 45.2 Å². The monoisotopic (exact) mass is 381 g/mol. The van der Waals surface area contributed by atoms with Crippen LogP contribution in [0.4, 0.5) is 0 Å². The largest absolute Gasteiger partial charge is 0.378 e. The second kappa shape index (κ2) is 13.3. The molecule has 1 aliphatic carbocycles. The van der Waals surface area contributed by atoms with Crippen LogP contribution in [0.1, 0.15) is 52.4 Å². The Kier molecular flexibility index (Phi) is 11.1. The van der Waals surface area contributed by atoms with E-state index >= 15 is 0 Å². The van der Waals surface area contributed by atoms with Crippen molar-refractivity contribution in [2.75, 3.05) is 66.0 Å². The van der Waals surface area contributed by atoms with Crippen molar-refractivity contribution >= 4 is 5.96 Å². The number of rotatable bonds is 10. The summed E-state index contributed by atoms with van der Waals surface area (Å²) in [5.74, 6) is 1.53. The number of guanidine groups is 1. The van der Waals surface area contributed by atoms with Crippen LogP contribution in [0.3, 0.4) is 0 Å². The average Bonchev–Trinajstić information content (AvgIpc) is 2.68. The molecular weight excluding hydrogens is 338 g/mol. The molecular formula is C21H43N5O. The van der Waals surface area contributed by atoms with Gasteiger partial charge in [-0.25, -0.2) is 0 Å². The van der Waals surface area contributed by atoms with Gasteiger partial charge in [0, 0.05) is 59.0 Å². The van der Waals surface area contributed by atoms with E-state index in [-0.39, 0.29) is 0 Å². The smallest absolute Gasteiger partial charge is 0.191 e. The number of likely N-dealkylation sites (N-methyl/N-ethyl adjacent to an activating group) is 1. The molecule has 1 saturated carbocycles. The van der Waals surface area contributed by atoms with Crippen LogP contribution in [-0.4, -0.2) is 87.9 Å². The van der Waals surface area contributed by atoms with Crippen LogP contribution in [-0.2, 0) is 4.74 Å². The van der Waals surface area contributed by atoms with Crippen molar-refractivity contribution in [1.82, 2.24) is 20.4 Å². The number of ether oxygens (including phenoxy) is 1. The predicted molar refractivity (Wildman–Crippen MR) is 115 cm³/mol. The van der Waals surface area contributed by atoms with Gasteiger partial charge in [-0.2, -0.15) is 0 Å². The second-order valence-electron chi connectivity index (χ2n) is 8.34. The summed E-state index contributed by atoms with van der Waals surface area (Å²) < 4.78 is 6.01. The number of aliphatic imine (C=N–C) groups is 1. The number of nitrogens with zero attached hydrogens (tertiary/aromatic N) is 3. The average molecular weight is 382 g/mol. The molecule has 0 bridgehead atoms. The molecule has 1 heterocycles. The fourth-order valence-corrected chi connectivity index (χ4v) is 3.88. The summed E-state index contributed by atoms with van der Waals surface area (Å²) in [6.45, 7) is 13.9. The maximum Gasteiger partial charge on any atom is 0.191 e. The first-order valence-corrected chi connectivity index (χ1v) is 11.2. The van der Waals surface area contributed by atoms with E-state index in [2.05, 4.69) is 41.3 Å². The quantitative estimate of drug-likeness (QED) is 0.345. The van der Waals surface area contributed by atoms with Crippen molar-refractivity contribution in [2.24, 2.45) is 10.9 Å². The van der Waals surface area contributed by atoms with Gasteiger partial charge in [0.1, 0.15) is 0 Å². The highest BCUT2D eigenvalue weighted by Crippen LogP contribution is 2.20. The fourth-order valence-electron chi connectivity index (χ4n) is 3.88. The van der Waals surface area contributed by atoms with Crippen molar-refractivity contribution in [3.05, 3.63) is 0 Å². The first kappa shape index (κ1) is 22.4. The molecule has 6 heteroatoms. The molecule has 0 amide bonds. The molecule has 2 rings (SSSR count). The van der Waals surface area contributed by atoms with Gasteiger partial charge in [-0.05, 0) is 39.2 Å². The Balaban J connectivity index is 1.59. The lowest BCUT2D eigenvalue weighted by Gasteiger charge is -2.33. The van der Waals surface area contributed by atoms with Crippen LogP contribution in [0.25, 0.3) is 0 Å². The van der Waals surface area contributed by atoms with E-state index < -0.39 is 0 Å². The minimum Gasteiger partial charge on any atom is -0.378 e. The number of hydrogen-bond acceptors (Lipinski definition) is 4. The molecule has 0 aromatic rings. The van der Waals surface area contributed by atoms with Crippen LogP contribution in [0.5, 0.6) is 0 Å². The maximum absolute atomic E-state index is 6.01. The SMILES string of the molecule is CCNC(=NCC(C)CN1CCN(C)CC1)NCCCOC1CCCCC1. The first-order valence-electron chi connectivity index (χ1n) is 11.2. The van der Waals surface area contributed by atoms with E-state index in [4.69, 9.17) is 9.73 Å². The summed E-state index contributed by atoms with van der Waals surface area (Å²) in [4.78, 5) is 9.78. The summed E-state index contributed by atoms with van der Waals surface area (Å²) in [5.41, 5.74) is 0. The van der Waals surface area contributed by atoms with Crippen LogP contribution in [0.2, 0.25) is 0 Å². The molecule has 1 aliphatic heterocycles. The van der Waals surface area contributed by atoms with Crippen molar-refractivity contribution in [1.29, 1.82) is 0 Å². The van der Waals surface area contributed by atoms with E-state index in [1.807, 2.05) is 0 Å². The van der Waals surface area contributed by atoms with Crippen molar-refractivity contribution < 1.29 is 4.74 Å². The Morgan fingerprint density at radius 2 is 1.85 bits per heavy atom. The molecule has 2 aliphatic rings. The van der Waals surface area contributed by atoms with Gasteiger partial charge in [0.15, 0.2) is 5.96 Å². The van der Waals surface area contributed by atoms with Gasteiger partial charge >= 0.3 is 0 Å². The fraction of sp³-hybridized carbons (Fsp3) is 0.952. The first-order chi connectivity index (χ1) is 13.2. The zero-order valence-electron chi connectivity index (χ0n) is 18.0. The maximum atomic E-state index is 6.01. The van der Waals surface area contributed by atoms with Gasteiger partial charge < -0.3 is 25.2 Å². The molecule has 2 N–H and O–H groups in total. The third-order valence-electron chi connectivity index (χ3n) is 5.59. The van der Waals surface area contributed by atoms with Gasteiger partial charge in [0.25, 0.3) is 0 Å². The van der Waals surface area contributed by atoms with Crippen molar-refractivity contribution in [3.8, 4) is 0 Å². The van der Waals surface area contributed by atoms with E-state index in [1.54, 1.807) is 0 Å². The topological polar surface area (TPSA) is 52.1 Å². The molecule has 0 aromatic carbocycles. The zero-order chi connectivity index (χ0) is 19.3. The molecule has 1 atom stereocenters. The highest BCUT2D eigenvalue weighted by molar-refractivity contribution is 5.79. The Hall–Kier alpha value is -0.850. The minimum atomic E-state index is 0.510. The van der Waals surface area contributed by atoms with Crippen LogP contribution < -0.4 is 10.6 Å². The lowest BCUT2D eigenvalue weighted by Crippen LogP contribution is -2.46. The van der Waals surface area contributed by atoms with Crippen LogP contribution >= 0.6 is 0 Å². The zero-order valence-corrected chi connectivity index (χ0v) is 18.0. The lowest BCUT2D eigenvalue weighted by molar-refractivity contribution is 0.0277. The third-order valence-corrected chi connectivity index (χ3v) is 5.59. The van der Waals surface area contributed by atoms with E-state index in [1.165, 1.54) is 58.3 Å². The number of piperazine rings is 1. The Morgan fingerprint density at radius 3 is 2.56 bits per heavy atom. The summed E-state index contributed by atoms with van der Waals surface area (Å²) in [6.07, 6.45) is 8.12. The van der Waals surface area contributed by atoms with Gasteiger partial charge in [-0.15, -0.1) is 0 Å². The highest BCUT2D eigenvalue weighted by atomic mass is 16.5. The summed E-state index contributed by atoms with van der Waals surface area (Å²) in [5, 5.41) is 6.83. The normalized spacial score (nSPS) is 22.0. The molecule has 6 nitrogen and oxygen atoms in total. The summed E-state index contributed by atoms with van der Waals surface area (Å²) in [6, 6.07) is 0. The number of hydrogen-bond donors (Lipinski definition) is 2. The molecule has 0 radical (unpaired) electrons. The molecule has 27 heavy (non-hydrogen) atoms. The van der Waals surface area contributed by atoms with Crippen LogP contribution in [0.15, 0.2) is 4.99 Å². The minimum absolute atomic E-state index is 0.510. The second-order valence-corrected chi connectivity index (χ2v) is 8.34. The Bertz CT molecular complexity index is 403. The van der Waals surface area contributed by atoms with Gasteiger partial charge in [-0.3, -0.25) is 4.99 Å². The summed E-state index contributed by atoms with van der Waals surface area (Å²) in [7, 11) is 2.21. The van der Waals surface area contributed by atoms with Gasteiger partial charge in [0.2, 0.25) is 0 Å². The summed E-state index contributed by atoms with van der Waals surface area (Å²) >= 11 is 0. The Morgan fingerprint density at radius 1 is 1.11 bits per heavy atom. The van der Waals surface area contributed by atoms with Crippen LogP contribution in [0, 0.1) is 5.92 Å². The van der Waals surface area contributed by atoms with E-state index in [0.29, 0.717) is 12.0 Å². The predicted octanol–water partition coefficient (Wildman–Crippen LogP) is 2.16. The molecule has 0 spiro atoms. The van der Waals surface area contributed by atoms with Crippen molar-refractivity contribution in [2.45, 2.75) is 58.5 Å². The molecule has 0 aromatic heterocycles. The lowest BCUT2D eigenvalue weighted by atomic mass is 9.98. The van der Waals surface area contributed by atoms with Crippen molar-refractivity contribution in [3.63, 3.8) is 0 Å². The highest BCUT2D eigenvalue weighted by Gasteiger charge is 2.16. The molecule has 1 saturated heterocycles. The molecule has 158 valence electrons. The van der Waals surface area contributed by atoms with E-state index in [9.17, 15) is 0 Å². The number of nitrogens with one attached hydrogen (secondary N) is 2. The Labute approximate surface area is 167 Å². The standard InChI is InChI=1S/C21H43N5O/c1-4-22-21(23-11-8-16-27-20-9-6-5-7-10-20)24-17-19(2)18-26-14-12-25(3)13-15-26/h19-20H,4-18H2,1-3H3,(H2,22,23,24). The van der Waals surface area contributed by atoms with Gasteiger partial charge in [0.05, 0.1) is 6.10 Å². The third kappa shape index (κ3) is 9.77.